The van der Waals surface area contributed by atoms with Crippen molar-refractivity contribution >= 4 is 27.7 Å². The Morgan fingerprint density at radius 2 is 2.10 bits per heavy atom. The molecule has 0 saturated heterocycles. The summed E-state index contributed by atoms with van der Waals surface area (Å²) in [5.41, 5.74) is 0.793. The van der Waals surface area contributed by atoms with Gasteiger partial charge in [0.05, 0.1) is 4.47 Å². The SMILES string of the molecule is CCCNC(CSC1CCCCC1)c1cccc(Br)c1F. The molecule has 0 aliphatic heterocycles. The van der Waals surface area contributed by atoms with Gasteiger partial charge in [-0.3, -0.25) is 0 Å². The maximum Gasteiger partial charge on any atom is 0.142 e. The second-order valence-electron chi connectivity index (χ2n) is 5.74. The maximum absolute atomic E-state index is 14.3. The summed E-state index contributed by atoms with van der Waals surface area (Å²) in [6, 6.07) is 5.71. The Morgan fingerprint density at radius 1 is 1.33 bits per heavy atom. The van der Waals surface area contributed by atoms with Crippen LogP contribution in [0.5, 0.6) is 0 Å². The topological polar surface area (TPSA) is 12.0 Å². The number of rotatable bonds is 7. The van der Waals surface area contributed by atoms with Crippen LogP contribution in [0.15, 0.2) is 22.7 Å². The number of benzene rings is 1. The van der Waals surface area contributed by atoms with Crippen LogP contribution < -0.4 is 5.32 Å². The van der Waals surface area contributed by atoms with Crippen LogP contribution in [0.3, 0.4) is 0 Å². The smallest absolute Gasteiger partial charge is 0.142 e. The average Bonchev–Trinajstić information content (AvgIpc) is 2.52. The summed E-state index contributed by atoms with van der Waals surface area (Å²) < 4.78 is 14.9. The average molecular weight is 374 g/mol. The van der Waals surface area contributed by atoms with E-state index in [2.05, 4.69) is 28.2 Å². The van der Waals surface area contributed by atoms with Gasteiger partial charge >= 0.3 is 0 Å². The van der Waals surface area contributed by atoms with Gasteiger partial charge in [0.25, 0.3) is 0 Å². The lowest BCUT2D eigenvalue weighted by atomic mass is 10.0. The standard InChI is InChI=1S/C17H25BrFNS/c1-2-11-20-16(12-21-13-7-4-3-5-8-13)14-9-6-10-15(18)17(14)19/h6,9-10,13,16,20H,2-5,7-8,11-12H2,1H3. The fraction of sp³-hybridized carbons (Fsp3) is 0.647. The van der Waals surface area contributed by atoms with Gasteiger partial charge in [0, 0.05) is 22.6 Å². The van der Waals surface area contributed by atoms with Gasteiger partial charge in [0.15, 0.2) is 0 Å². The quantitative estimate of drug-likeness (QED) is 0.658. The molecular formula is C17H25BrFNS. The first-order valence-electron chi connectivity index (χ1n) is 8.01. The zero-order valence-corrected chi connectivity index (χ0v) is 15.1. The molecule has 1 nitrogen and oxygen atoms in total. The molecule has 0 amide bonds. The third-order valence-electron chi connectivity index (χ3n) is 4.05. The fourth-order valence-electron chi connectivity index (χ4n) is 2.83. The Balaban J connectivity index is 2.01. The highest BCUT2D eigenvalue weighted by atomic mass is 79.9. The predicted octanol–water partition coefficient (Wildman–Crippen LogP) is 5.69. The van der Waals surface area contributed by atoms with E-state index in [-0.39, 0.29) is 11.9 Å². The van der Waals surface area contributed by atoms with Gasteiger partial charge in [0.2, 0.25) is 0 Å². The molecule has 118 valence electrons. The Morgan fingerprint density at radius 3 is 2.81 bits per heavy atom. The molecule has 0 heterocycles. The van der Waals surface area contributed by atoms with Crippen LogP contribution in [0.2, 0.25) is 0 Å². The number of hydrogen-bond donors (Lipinski definition) is 1. The van der Waals surface area contributed by atoms with Crippen molar-refractivity contribution in [2.45, 2.75) is 56.7 Å². The van der Waals surface area contributed by atoms with Crippen molar-refractivity contribution in [1.82, 2.24) is 5.32 Å². The third kappa shape index (κ3) is 5.26. The summed E-state index contributed by atoms with van der Waals surface area (Å²) in [6.07, 6.45) is 7.82. The highest BCUT2D eigenvalue weighted by Gasteiger charge is 2.20. The van der Waals surface area contributed by atoms with Gasteiger partial charge in [-0.1, -0.05) is 38.3 Å². The molecule has 1 aliphatic carbocycles. The zero-order valence-electron chi connectivity index (χ0n) is 12.7. The van der Waals surface area contributed by atoms with Gasteiger partial charge < -0.3 is 5.32 Å². The number of thioether (sulfide) groups is 1. The van der Waals surface area contributed by atoms with E-state index in [1.807, 2.05) is 23.9 Å². The molecular weight excluding hydrogens is 349 g/mol. The molecule has 0 spiro atoms. The molecule has 0 aromatic heterocycles. The Hall–Kier alpha value is -0.0600. The summed E-state index contributed by atoms with van der Waals surface area (Å²) in [6.45, 7) is 3.08. The molecule has 0 bridgehead atoms. The van der Waals surface area contributed by atoms with Crippen LogP contribution in [0.4, 0.5) is 4.39 Å². The first-order chi connectivity index (χ1) is 10.2. The molecule has 4 heteroatoms. The second kappa shape index (κ2) is 9.16. The van der Waals surface area contributed by atoms with Crippen LogP contribution in [0.1, 0.15) is 57.1 Å². The van der Waals surface area contributed by atoms with Gasteiger partial charge in [-0.25, -0.2) is 4.39 Å². The van der Waals surface area contributed by atoms with Crippen LogP contribution >= 0.6 is 27.7 Å². The first-order valence-corrected chi connectivity index (χ1v) is 9.85. The van der Waals surface area contributed by atoms with Gasteiger partial charge in [-0.2, -0.15) is 11.8 Å². The van der Waals surface area contributed by atoms with Crippen molar-refractivity contribution in [3.05, 3.63) is 34.1 Å². The van der Waals surface area contributed by atoms with Crippen molar-refractivity contribution in [3.8, 4) is 0 Å². The lowest BCUT2D eigenvalue weighted by Crippen LogP contribution is -2.26. The summed E-state index contributed by atoms with van der Waals surface area (Å²) in [4.78, 5) is 0. The summed E-state index contributed by atoms with van der Waals surface area (Å²) >= 11 is 5.32. The zero-order chi connectivity index (χ0) is 15.1. The lowest BCUT2D eigenvalue weighted by molar-refractivity contribution is 0.509. The Labute approximate surface area is 140 Å². The van der Waals surface area contributed by atoms with Gasteiger partial charge in [-0.05, 0) is 47.8 Å². The van der Waals surface area contributed by atoms with E-state index < -0.39 is 0 Å². The monoisotopic (exact) mass is 373 g/mol. The molecule has 1 N–H and O–H groups in total. The molecule has 1 fully saturated rings. The summed E-state index contributed by atoms with van der Waals surface area (Å²) in [7, 11) is 0. The second-order valence-corrected chi connectivity index (χ2v) is 7.93. The minimum Gasteiger partial charge on any atom is -0.309 e. The fourth-order valence-corrected chi connectivity index (χ4v) is 4.64. The number of halogens is 2. The Bertz CT molecular complexity index is 435. The molecule has 1 atom stereocenters. The van der Waals surface area contributed by atoms with Crippen LogP contribution in [-0.4, -0.2) is 17.5 Å². The summed E-state index contributed by atoms with van der Waals surface area (Å²) in [5, 5.41) is 4.28. The third-order valence-corrected chi connectivity index (χ3v) is 6.13. The van der Waals surface area contributed by atoms with Crippen LogP contribution in [0.25, 0.3) is 0 Å². The van der Waals surface area contributed by atoms with Gasteiger partial charge in [0.1, 0.15) is 5.82 Å². The lowest BCUT2D eigenvalue weighted by Gasteiger charge is -2.25. The minimum atomic E-state index is -0.115. The molecule has 1 saturated carbocycles. The molecule has 1 aromatic carbocycles. The summed E-state index contributed by atoms with van der Waals surface area (Å²) in [5.74, 6) is 0.841. The molecule has 2 rings (SSSR count). The van der Waals surface area contributed by atoms with Crippen LogP contribution in [0, 0.1) is 5.82 Å². The maximum atomic E-state index is 14.3. The largest absolute Gasteiger partial charge is 0.309 e. The first kappa shape index (κ1) is 17.3. The van der Waals surface area contributed by atoms with E-state index in [1.165, 1.54) is 32.1 Å². The van der Waals surface area contributed by atoms with Crippen molar-refractivity contribution in [1.29, 1.82) is 0 Å². The molecule has 21 heavy (non-hydrogen) atoms. The number of hydrogen-bond acceptors (Lipinski definition) is 2. The highest BCUT2D eigenvalue weighted by Crippen LogP contribution is 2.32. The van der Waals surface area contributed by atoms with E-state index >= 15 is 0 Å². The minimum absolute atomic E-state index is 0.106. The molecule has 1 aromatic rings. The van der Waals surface area contributed by atoms with Crippen molar-refractivity contribution in [2.24, 2.45) is 0 Å². The molecule has 0 radical (unpaired) electrons. The molecule has 1 aliphatic rings. The predicted molar refractivity (Wildman–Crippen MR) is 94.5 cm³/mol. The van der Waals surface area contributed by atoms with E-state index in [9.17, 15) is 4.39 Å². The van der Waals surface area contributed by atoms with Crippen molar-refractivity contribution in [2.75, 3.05) is 12.3 Å². The van der Waals surface area contributed by atoms with Crippen molar-refractivity contribution in [3.63, 3.8) is 0 Å². The highest BCUT2D eigenvalue weighted by molar-refractivity contribution is 9.10. The van der Waals surface area contributed by atoms with E-state index in [0.717, 1.165) is 29.5 Å². The van der Waals surface area contributed by atoms with Crippen LogP contribution in [-0.2, 0) is 0 Å². The van der Waals surface area contributed by atoms with Crippen molar-refractivity contribution < 1.29 is 4.39 Å². The normalized spacial score (nSPS) is 17.9. The van der Waals surface area contributed by atoms with E-state index in [4.69, 9.17) is 0 Å². The van der Waals surface area contributed by atoms with E-state index in [1.54, 1.807) is 6.07 Å². The van der Waals surface area contributed by atoms with E-state index in [0.29, 0.717) is 4.47 Å². The Kier molecular flexibility index (Phi) is 7.55. The van der Waals surface area contributed by atoms with Gasteiger partial charge in [-0.15, -0.1) is 0 Å². The molecule has 1 unspecified atom stereocenters. The number of nitrogens with one attached hydrogen (secondary N) is 1.